The average molecular weight is 285 g/mol. The first-order valence-electron chi connectivity index (χ1n) is 7.38. The van der Waals surface area contributed by atoms with Crippen molar-refractivity contribution >= 4 is 0 Å². The van der Waals surface area contributed by atoms with Crippen molar-refractivity contribution in [2.75, 3.05) is 20.3 Å². The summed E-state index contributed by atoms with van der Waals surface area (Å²) in [6, 6.07) is 18.6. The Hall–Kier alpha value is -2.00. The van der Waals surface area contributed by atoms with Crippen molar-refractivity contribution in [1.82, 2.24) is 5.32 Å². The summed E-state index contributed by atoms with van der Waals surface area (Å²) in [5.74, 6) is 1.71. The third kappa shape index (κ3) is 4.80. The highest BCUT2D eigenvalue weighted by atomic mass is 16.5. The highest BCUT2D eigenvalue weighted by molar-refractivity contribution is 5.31. The fraction of sp³-hybridized carbons (Fsp3) is 0.333. The van der Waals surface area contributed by atoms with Crippen LogP contribution in [0.15, 0.2) is 54.6 Å². The average Bonchev–Trinajstić information content (AvgIpc) is 2.56. The Morgan fingerprint density at radius 1 is 0.952 bits per heavy atom. The van der Waals surface area contributed by atoms with Gasteiger partial charge in [-0.05, 0) is 36.2 Å². The van der Waals surface area contributed by atoms with Gasteiger partial charge in [-0.15, -0.1) is 0 Å². The molecule has 2 rings (SSSR count). The van der Waals surface area contributed by atoms with Gasteiger partial charge in [0.05, 0.1) is 7.11 Å². The normalized spacial score (nSPS) is 11.9. The molecule has 0 amide bonds. The van der Waals surface area contributed by atoms with Gasteiger partial charge in [-0.3, -0.25) is 0 Å². The van der Waals surface area contributed by atoms with E-state index in [0.717, 1.165) is 24.5 Å². The largest absolute Gasteiger partial charge is 0.497 e. The van der Waals surface area contributed by atoms with E-state index in [1.54, 1.807) is 7.11 Å². The zero-order chi connectivity index (χ0) is 14.9. The van der Waals surface area contributed by atoms with Crippen LogP contribution >= 0.6 is 0 Å². The lowest BCUT2D eigenvalue weighted by atomic mass is 10.1. The zero-order valence-corrected chi connectivity index (χ0v) is 12.7. The molecule has 1 atom stereocenters. The molecule has 1 N–H and O–H groups in total. The van der Waals surface area contributed by atoms with E-state index in [1.165, 1.54) is 5.56 Å². The SMILES string of the molecule is CCC(NCCOc1ccc(OC)cc1)c1ccccc1. The first-order valence-corrected chi connectivity index (χ1v) is 7.38. The number of methoxy groups -OCH3 is 1. The van der Waals surface area contributed by atoms with Crippen LogP contribution in [0.25, 0.3) is 0 Å². The molecule has 0 saturated carbocycles. The molecule has 1 unspecified atom stereocenters. The molecule has 3 nitrogen and oxygen atoms in total. The van der Waals surface area contributed by atoms with Gasteiger partial charge in [0, 0.05) is 12.6 Å². The number of nitrogens with one attached hydrogen (secondary N) is 1. The van der Waals surface area contributed by atoms with E-state index < -0.39 is 0 Å². The van der Waals surface area contributed by atoms with Crippen molar-refractivity contribution in [2.45, 2.75) is 19.4 Å². The standard InChI is InChI=1S/C18H23NO2/c1-3-18(15-7-5-4-6-8-15)19-13-14-21-17-11-9-16(20-2)10-12-17/h4-12,18-19H,3,13-14H2,1-2H3. The maximum Gasteiger partial charge on any atom is 0.119 e. The van der Waals surface area contributed by atoms with Gasteiger partial charge in [-0.1, -0.05) is 37.3 Å². The second-order valence-corrected chi connectivity index (χ2v) is 4.85. The third-order valence-corrected chi connectivity index (χ3v) is 3.43. The number of ether oxygens (including phenoxy) is 2. The Morgan fingerprint density at radius 3 is 2.24 bits per heavy atom. The van der Waals surface area contributed by atoms with Crippen molar-refractivity contribution in [3.8, 4) is 11.5 Å². The molecule has 0 heterocycles. The highest BCUT2D eigenvalue weighted by Crippen LogP contribution is 2.17. The van der Waals surface area contributed by atoms with Crippen LogP contribution in [0.3, 0.4) is 0 Å². The molecule has 0 radical (unpaired) electrons. The van der Waals surface area contributed by atoms with E-state index in [0.29, 0.717) is 12.6 Å². The summed E-state index contributed by atoms with van der Waals surface area (Å²) in [6.45, 7) is 3.66. The van der Waals surface area contributed by atoms with Gasteiger partial charge in [0.2, 0.25) is 0 Å². The Kier molecular flexibility index (Phi) is 6.10. The summed E-state index contributed by atoms with van der Waals surface area (Å²) in [7, 11) is 1.66. The minimum Gasteiger partial charge on any atom is -0.497 e. The quantitative estimate of drug-likeness (QED) is 0.748. The van der Waals surface area contributed by atoms with Crippen LogP contribution in [-0.4, -0.2) is 20.3 Å². The van der Waals surface area contributed by atoms with Gasteiger partial charge in [0.1, 0.15) is 18.1 Å². The fourth-order valence-corrected chi connectivity index (χ4v) is 2.26. The van der Waals surface area contributed by atoms with Crippen molar-refractivity contribution in [2.24, 2.45) is 0 Å². The van der Waals surface area contributed by atoms with E-state index in [2.05, 4.69) is 36.5 Å². The maximum absolute atomic E-state index is 5.72. The summed E-state index contributed by atoms with van der Waals surface area (Å²) in [5, 5.41) is 3.53. The van der Waals surface area contributed by atoms with Crippen LogP contribution < -0.4 is 14.8 Å². The molecule has 2 aromatic rings. The fourth-order valence-electron chi connectivity index (χ4n) is 2.26. The summed E-state index contributed by atoms with van der Waals surface area (Å²) >= 11 is 0. The maximum atomic E-state index is 5.72. The zero-order valence-electron chi connectivity index (χ0n) is 12.7. The van der Waals surface area contributed by atoms with Crippen molar-refractivity contribution in [1.29, 1.82) is 0 Å². The topological polar surface area (TPSA) is 30.5 Å². The molecule has 0 saturated heterocycles. The second kappa shape index (κ2) is 8.32. The molecule has 0 bridgehead atoms. The Morgan fingerprint density at radius 2 is 1.62 bits per heavy atom. The van der Waals surface area contributed by atoms with Crippen LogP contribution in [0, 0.1) is 0 Å². The lowest BCUT2D eigenvalue weighted by molar-refractivity contribution is 0.303. The van der Waals surface area contributed by atoms with Crippen molar-refractivity contribution < 1.29 is 9.47 Å². The van der Waals surface area contributed by atoms with Gasteiger partial charge in [0.15, 0.2) is 0 Å². The van der Waals surface area contributed by atoms with Crippen LogP contribution in [0.5, 0.6) is 11.5 Å². The minimum absolute atomic E-state index is 0.380. The summed E-state index contributed by atoms with van der Waals surface area (Å²) in [6.07, 6.45) is 1.06. The number of benzene rings is 2. The molecule has 112 valence electrons. The summed E-state index contributed by atoms with van der Waals surface area (Å²) in [5.41, 5.74) is 1.32. The second-order valence-electron chi connectivity index (χ2n) is 4.85. The molecule has 0 fully saturated rings. The van der Waals surface area contributed by atoms with Gasteiger partial charge in [-0.25, -0.2) is 0 Å². The molecule has 21 heavy (non-hydrogen) atoms. The molecular weight excluding hydrogens is 262 g/mol. The summed E-state index contributed by atoms with van der Waals surface area (Å²) < 4.78 is 10.8. The smallest absolute Gasteiger partial charge is 0.119 e. The van der Waals surface area contributed by atoms with E-state index >= 15 is 0 Å². The number of hydrogen-bond acceptors (Lipinski definition) is 3. The van der Waals surface area contributed by atoms with Crippen molar-refractivity contribution in [3.05, 3.63) is 60.2 Å². The van der Waals surface area contributed by atoms with E-state index in [1.807, 2.05) is 30.3 Å². The lowest BCUT2D eigenvalue weighted by Gasteiger charge is -2.17. The Labute approximate surface area is 126 Å². The monoisotopic (exact) mass is 285 g/mol. The molecule has 0 spiro atoms. The van der Waals surface area contributed by atoms with Gasteiger partial charge >= 0.3 is 0 Å². The molecule has 0 aliphatic rings. The van der Waals surface area contributed by atoms with Crippen LogP contribution in [-0.2, 0) is 0 Å². The van der Waals surface area contributed by atoms with Gasteiger partial charge in [-0.2, -0.15) is 0 Å². The molecule has 0 aliphatic carbocycles. The predicted octanol–water partition coefficient (Wildman–Crippen LogP) is 3.81. The molecular formula is C18H23NO2. The minimum atomic E-state index is 0.380. The third-order valence-electron chi connectivity index (χ3n) is 3.43. The number of hydrogen-bond donors (Lipinski definition) is 1. The molecule has 0 aliphatic heterocycles. The molecule has 0 aromatic heterocycles. The first kappa shape index (κ1) is 15.4. The van der Waals surface area contributed by atoms with Crippen molar-refractivity contribution in [3.63, 3.8) is 0 Å². The van der Waals surface area contributed by atoms with E-state index in [-0.39, 0.29) is 0 Å². The highest BCUT2D eigenvalue weighted by Gasteiger charge is 2.07. The first-order chi connectivity index (χ1) is 10.3. The molecule has 2 aromatic carbocycles. The number of rotatable bonds is 8. The Bertz CT molecular complexity index is 511. The van der Waals surface area contributed by atoms with E-state index in [4.69, 9.17) is 9.47 Å². The van der Waals surface area contributed by atoms with Crippen LogP contribution in [0.1, 0.15) is 24.9 Å². The lowest BCUT2D eigenvalue weighted by Crippen LogP contribution is -2.25. The van der Waals surface area contributed by atoms with Crippen LogP contribution in [0.4, 0.5) is 0 Å². The van der Waals surface area contributed by atoms with Gasteiger partial charge in [0.25, 0.3) is 0 Å². The van der Waals surface area contributed by atoms with Gasteiger partial charge < -0.3 is 14.8 Å². The summed E-state index contributed by atoms with van der Waals surface area (Å²) in [4.78, 5) is 0. The van der Waals surface area contributed by atoms with E-state index in [9.17, 15) is 0 Å². The predicted molar refractivity (Wildman–Crippen MR) is 86.0 cm³/mol. The molecule has 3 heteroatoms. The Balaban J connectivity index is 1.75. The van der Waals surface area contributed by atoms with Crippen LogP contribution in [0.2, 0.25) is 0 Å².